The second-order valence-electron chi connectivity index (χ2n) is 5.94. The van der Waals surface area contributed by atoms with Gasteiger partial charge in [0.15, 0.2) is 6.10 Å². The van der Waals surface area contributed by atoms with Crippen LogP contribution >= 0.6 is 12.4 Å². The number of likely N-dealkylation sites (tertiary alicyclic amines) is 1. The van der Waals surface area contributed by atoms with Gasteiger partial charge < -0.3 is 15.4 Å². The molecule has 0 aromatic heterocycles. The Kier molecular flexibility index (Phi) is 5.12. The van der Waals surface area contributed by atoms with Gasteiger partial charge in [0, 0.05) is 25.6 Å². The monoisotopic (exact) mass is 310 g/mol. The van der Waals surface area contributed by atoms with Gasteiger partial charge >= 0.3 is 0 Å². The molecule has 1 amide bonds. The van der Waals surface area contributed by atoms with Gasteiger partial charge in [-0.3, -0.25) is 4.79 Å². The summed E-state index contributed by atoms with van der Waals surface area (Å²) in [6, 6.07) is 8.12. The van der Waals surface area contributed by atoms with Crippen LogP contribution in [-0.2, 0) is 11.2 Å². The molecule has 1 fully saturated rings. The topological polar surface area (TPSA) is 55.6 Å². The summed E-state index contributed by atoms with van der Waals surface area (Å²) < 4.78 is 5.78. The van der Waals surface area contributed by atoms with Crippen LogP contribution in [0.25, 0.3) is 0 Å². The average Bonchev–Trinajstić information content (AvgIpc) is 2.90. The molecule has 0 saturated carbocycles. The summed E-state index contributed by atoms with van der Waals surface area (Å²) in [6.45, 7) is 3.67. The Labute approximate surface area is 132 Å². The van der Waals surface area contributed by atoms with Gasteiger partial charge in [0.2, 0.25) is 0 Å². The Morgan fingerprint density at radius 3 is 2.62 bits per heavy atom. The van der Waals surface area contributed by atoms with Gasteiger partial charge in [0.1, 0.15) is 5.75 Å². The van der Waals surface area contributed by atoms with Crippen LogP contribution in [0.5, 0.6) is 5.75 Å². The lowest BCUT2D eigenvalue weighted by Crippen LogP contribution is -2.47. The van der Waals surface area contributed by atoms with Crippen LogP contribution in [0, 0.1) is 5.92 Å². The number of nitrogens with two attached hydrogens (primary N) is 1. The third-order valence-electron chi connectivity index (χ3n) is 4.52. The fraction of sp³-hybridized carbons (Fsp3) is 0.562. The van der Waals surface area contributed by atoms with Gasteiger partial charge in [-0.05, 0) is 37.3 Å². The minimum atomic E-state index is -0.334. The van der Waals surface area contributed by atoms with Crippen LogP contribution in [0.4, 0.5) is 0 Å². The predicted molar refractivity (Wildman–Crippen MR) is 84.8 cm³/mol. The largest absolute Gasteiger partial charge is 0.480 e. The molecule has 0 aliphatic carbocycles. The highest BCUT2D eigenvalue weighted by atomic mass is 35.5. The van der Waals surface area contributed by atoms with Gasteiger partial charge in [0.25, 0.3) is 5.91 Å². The number of rotatable bonds is 2. The first-order valence-electron chi connectivity index (χ1n) is 7.44. The van der Waals surface area contributed by atoms with Crippen molar-refractivity contribution in [2.24, 2.45) is 11.7 Å². The molecule has 116 valence electrons. The van der Waals surface area contributed by atoms with Crippen LogP contribution in [-0.4, -0.2) is 36.0 Å². The first-order valence-corrected chi connectivity index (χ1v) is 7.44. The third kappa shape index (κ3) is 3.33. The molecular weight excluding hydrogens is 288 g/mol. The second kappa shape index (κ2) is 6.67. The molecule has 3 rings (SSSR count). The Hall–Kier alpha value is -1.26. The average molecular weight is 311 g/mol. The minimum Gasteiger partial charge on any atom is -0.480 e. The SMILES string of the molecule is CC(N)C1CCN(C(=O)C2Cc3ccccc3O2)CC1.Cl. The molecule has 2 atom stereocenters. The van der Waals surface area contributed by atoms with E-state index in [9.17, 15) is 4.79 Å². The van der Waals surface area contributed by atoms with Crippen LogP contribution in [0.3, 0.4) is 0 Å². The van der Waals surface area contributed by atoms with E-state index in [-0.39, 0.29) is 30.5 Å². The number of ether oxygens (including phenoxy) is 1. The normalized spacial score (nSPS) is 23.0. The van der Waals surface area contributed by atoms with Crippen molar-refractivity contribution in [3.8, 4) is 5.75 Å². The molecule has 4 nitrogen and oxygen atoms in total. The van der Waals surface area contributed by atoms with Gasteiger partial charge in [-0.25, -0.2) is 0 Å². The first-order chi connectivity index (χ1) is 9.65. The maximum Gasteiger partial charge on any atom is 0.263 e. The summed E-state index contributed by atoms with van der Waals surface area (Å²) in [5.41, 5.74) is 7.08. The summed E-state index contributed by atoms with van der Waals surface area (Å²) in [4.78, 5) is 14.5. The van der Waals surface area contributed by atoms with Crippen molar-refractivity contribution in [2.75, 3.05) is 13.1 Å². The number of carbonyl (C=O) groups is 1. The van der Waals surface area contributed by atoms with Crippen LogP contribution < -0.4 is 10.5 Å². The van der Waals surface area contributed by atoms with Crippen molar-refractivity contribution in [1.82, 2.24) is 4.90 Å². The molecule has 2 aliphatic heterocycles. The molecule has 2 N–H and O–H groups in total. The number of nitrogens with zero attached hydrogens (tertiary/aromatic N) is 1. The number of hydrogen-bond donors (Lipinski definition) is 1. The summed E-state index contributed by atoms with van der Waals surface area (Å²) >= 11 is 0. The number of amides is 1. The minimum absolute atomic E-state index is 0. The molecule has 2 aliphatic rings. The van der Waals surface area contributed by atoms with Gasteiger partial charge in [-0.1, -0.05) is 18.2 Å². The Balaban J connectivity index is 0.00000161. The van der Waals surface area contributed by atoms with Gasteiger partial charge in [0.05, 0.1) is 0 Å². The molecule has 5 heteroatoms. The molecule has 1 saturated heterocycles. The second-order valence-corrected chi connectivity index (χ2v) is 5.94. The number of carbonyl (C=O) groups excluding carboxylic acids is 1. The molecule has 0 bridgehead atoms. The van der Waals surface area contributed by atoms with Crippen LogP contribution in [0.2, 0.25) is 0 Å². The molecule has 0 spiro atoms. The van der Waals surface area contributed by atoms with E-state index in [1.165, 1.54) is 0 Å². The van der Waals surface area contributed by atoms with E-state index in [1.54, 1.807) is 0 Å². The van der Waals surface area contributed by atoms with E-state index < -0.39 is 0 Å². The quantitative estimate of drug-likeness (QED) is 0.909. The number of benzene rings is 1. The molecule has 0 radical (unpaired) electrons. The van der Waals surface area contributed by atoms with Crippen molar-refractivity contribution in [3.05, 3.63) is 29.8 Å². The Morgan fingerprint density at radius 1 is 1.33 bits per heavy atom. The fourth-order valence-electron chi connectivity index (χ4n) is 3.17. The fourth-order valence-corrected chi connectivity index (χ4v) is 3.17. The van der Waals surface area contributed by atoms with Crippen LogP contribution in [0.15, 0.2) is 24.3 Å². The van der Waals surface area contributed by atoms with Crippen molar-refractivity contribution < 1.29 is 9.53 Å². The van der Waals surface area contributed by atoms with E-state index in [2.05, 4.69) is 6.92 Å². The number of hydrogen-bond acceptors (Lipinski definition) is 3. The van der Waals surface area contributed by atoms with Crippen molar-refractivity contribution in [3.63, 3.8) is 0 Å². The maximum absolute atomic E-state index is 12.5. The highest BCUT2D eigenvalue weighted by Gasteiger charge is 2.34. The Bertz CT molecular complexity index is 474. The third-order valence-corrected chi connectivity index (χ3v) is 4.52. The van der Waals surface area contributed by atoms with Crippen molar-refractivity contribution in [2.45, 2.75) is 38.3 Å². The summed E-state index contributed by atoms with van der Waals surface area (Å²) in [7, 11) is 0. The zero-order chi connectivity index (χ0) is 14.1. The Morgan fingerprint density at radius 2 is 2.00 bits per heavy atom. The summed E-state index contributed by atoms with van der Waals surface area (Å²) in [5.74, 6) is 1.53. The van der Waals surface area contributed by atoms with Crippen molar-refractivity contribution >= 4 is 18.3 Å². The highest BCUT2D eigenvalue weighted by molar-refractivity contribution is 5.85. The standard InChI is InChI=1S/C16H22N2O2.ClH/c1-11(17)12-6-8-18(9-7-12)16(19)15-10-13-4-2-3-5-14(13)20-15;/h2-5,11-12,15H,6-10,17H2,1H3;1H. The molecule has 1 aromatic rings. The number of fused-ring (bicyclic) bond motifs is 1. The van der Waals surface area contributed by atoms with Crippen molar-refractivity contribution in [1.29, 1.82) is 0 Å². The maximum atomic E-state index is 12.5. The zero-order valence-electron chi connectivity index (χ0n) is 12.3. The van der Waals surface area contributed by atoms with Gasteiger partial charge in [-0.2, -0.15) is 0 Å². The molecule has 1 aromatic carbocycles. The smallest absolute Gasteiger partial charge is 0.263 e. The highest BCUT2D eigenvalue weighted by Crippen LogP contribution is 2.30. The zero-order valence-corrected chi connectivity index (χ0v) is 13.1. The van der Waals surface area contributed by atoms with E-state index >= 15 is 0 Å². The van der Waals surface area contributed by atoms with Crippen LogP contribution in [0.1, 0.15) is 25.3 Å². The number of halogens is 1. The number of para-hydroxylation sites is 1. The summed E-state index contributed by atoms with van der Waals surface area (Å²) in [5, 5.41) is 0. The first kappa shape index (κ1) is 16.1. The molecular formula is C16H23ClN2O2. The molecule has 21 heavy (non-hydrogen) atoms. The predicted octanol–water partition coefficient (Wildman–Crippen LogP) is 2.00. The van der Waals surface area contributed by atoms with E-state index in [0.717, 1.165) is 37.2 Å². The lowest BCUT2D eigenvalue weighted by atomic mass is 9.90. The number of piperidine rings is 1. The lowest BCUT2D eigenvalue weighted by molar-refractivity contribution is -0.139. The van der Waals surface area contributed by atoms with E-state index in [4.69, 9.17) is 10.5 Å². The van der Waals surface area contributed by atoms with Gasteiger partial charge in [-0.15, -0.1) is 12.4 Å². The molecule has 2 unspecified atom stereocenters. The molecule has 2 heterocycles. The van der Waals surface area contributed by atoms with E-state index in [1.807, 2.05) is 29.2 Å². The van der Waals surface area contributed by atoms with E-state index in [0.29, 0.717) is 12.3 Å². The summed E-state index contributed by atoms with van der Waals surface area (Å²) in [6.07, 6.45) is 2.37. The lowest BCUT2D eigenvalue weighted by Gasteiger charge is -2.34.